The van der Waals surface area contributed by atoms with Crippen LogP contribution >= 0.6 is 0 Å². The number of amides is 3. The topological polar surface area (TPSA) is 103 Å². The number of carbonyl (C=O) groups excluding carboxylic acids is 2. The summed E-state index contributed by atoms with van der Waals surface area (Å²) in [5.41, 5.74) is 0.784. The molecule has 5 rings (SSSR count). The predicted octanol–water partition coefficient (Wildman–Crippen LogP) is 7.49. The van der Waals surface area contributed by atoms with Crippen molar-refractivity contribution < 1.29 is 37.3 Å². The van der Waals surface area contributed by atoms with Crippen LogP contribution in [0.2, 0.25) is 0 Å². The van der Waals surface area contributed by atoms with Gasteiger partial charge in [0, 0.05) is 31.2 Å². The van der Waals surface area contributed by atoms with E-state index in [0.29, 0.717) is 19.6 Å². The molecule has 3 amide bonds. The minimum absolute atomic E-state index is 0.150. The van der Waals surface area contributed by atoms with Crippen molar-refractivity contribution in [3.8, 4) is 17.2 Å². The SMILES string of the molecule is C[C@@H]1CN([C@H](C)CO)C(=O)c2cccc(NC(=O)Nc3ccc(C(F)(F)F)cc3)c2O[C@H]1CN(C)Cc1ccc(Oc2ccccc2)cc1. The molecule has 1 heterocycles. The van der Waals surface area contributed by atoms with Crippen molar-refractivity contribution in [2.24, 2.45) is 5.92 Å². The number of benzene rings is 4. The van der Waals surface area contributed by atoms with Gasteiger partial charge in [-0.15, -0.1) is 0 Å². The third-order valence-electron chi connectivity index (χ3n) is 8.26. The Morgan fingerprint density at radius 2 is 1.65 bits per heavy atom. The van der Waals surface area contributed by atoms with E-state index >= 15 is 0 Å². The van der Waals surface area contributed by atoms with Gasteiger partial charge in [0.05, 0.1) is 29.5 Å². The van der Waals surface area contributed by atoms with Crippen molar-refractivity contribution in [3.63, 3.8) is 0 Å². The molecule has 0 radical (unpaired) electrons. The molecule has 0 saturated carbocycles. The highest BCUT2D eigenvalue weighted by molar-refractivity contribution is 6.04. The summed E-state index contributed by atoms with van der Waals surface area (Å²) in [6.45, 7) is 4.88. The lowest BCUT2D eigenvalue weighted by Crippen LogP contribution is -2.49. The second-order valence-electron chi connectivity index (χ2n) is 12.2. The van der Waals surface area contributed by atoms with Gasteiger partial charge < -0.3 is 30.1 Å². The Bertz CT molecular complexity index is 1720. The molecule has 12 heteroatoms. The minimum Gasteiger partial charge on any atom is -0.486 e. The van der Waals surface area contributed by atoms with Crippen LogP contribution in [0.1, 0.15) is 35.3 Å². The molecule has 0 bridgehead atoms. The van der Waals surface area contributed by atoms with Gasteiger partial charge in [-0.3, -0.25) is 9.69 Å². The fourth-order valence-corrected chi connectivity index (χ4v) is 5.56. The average Bonchev–Trinajstić information content (AvgIpc) is 3.07. The van der Waals surface area contributed by atoms with Crippen molar-refractivity contribution in [2.75, 3.05) is 37.4 Å². The smallest absolute Gasteiger partial charge is 0.416 e. The molecule has 4 aromatic carbocycles. The minimum atomic E-state index is -4.50. The fraction of sp³-hybridized carbons (Fsp3) is 0.297. The van der Waals surface area contributed by atoms with Crippen LogP contribution in [0, 0.1) is 5.92 Å². The highest BCUT2D eigenvalue weighted by Crippen LogP contribution is 2.35. The zero-order valence-corrected chi connectivity index (χ0v) is 27.4. The van der Waals surface area contributed by atoms with Crippen molar-refractivity contribution in [3.05, 3.63) is 114 Å². The number of anilines is 2. The lowest BCUT2D eigenvalue weighted by Gasteiger charge is -2.38. The summed E-state index contributed by atoms with van der Waals surface area (Å²) >= 11 is 0. The number of urea groups is 1. The number of alkyl halides is 3. The first-order valence-corrected chi connectivity index (χ1v) is 15.9. The van der Waals surface area contributed by atoms with Crippen LogP contribution in [0.25, 0.3) is 0 Å². The number of aliphatic hydroxyl groups is 1. The van der Waals surface area contributed by atoms with Crippen LogP contribution in [0.15, 0.2) is 97.1 Å². The molecule has 3 atom stereocenters. The second kappa shape index (κ2) is 15.4. The first kappa shape index (κ1) is 35.2. The molecule has 9 nitrogen and oxygen atoms in total. The zero-order chi connectivity index (χ0) is 35.1. The van der Waals surface area contributed by atoms with Crippen molar-refractivity contribution in [1.82, 2.24) is 9.80 Å². The fourth-order valence-electron chi connectivity index (χ4n) is 5.56. The van der Waals surface area contributed by atoms with E-state index in [4.69, 9.17) is 9.47 Å². The maximum Gasteiger partial charge on any atom is 0.416 e. The van der Waals surface area contributed by atoms with E-state index in [0.717, 1.165) is 41.3 Å². The van der Waals surface area contributed by atoms with Crippen molar-refractivity contribution >= 4 is 23.3 Å². The summed E-state index contributed by atoms with van der Waals surface area (Å²) in [5, 5.41) is 15.2. The Kier molecular flexibility index (Phi) is 11.1. The molecule has 0 spiro atoms. The second-order valence-corrected chi connectivity index (χ2v) is 12.2. The van der Waals surface area contributed by atoms with Gasteiger partial charge in [-0.25, -0.2) is 4.79 Å². The van der Waals surface area contributed by atoms with E-state index in [1.54, 1.807) is 30.0 Å². The number of halogens is 3. The first-order valence-electron chi connectivity index (χ1n) is 15.9. The van der Waals surface area contributed by atoms with Gasteiger partial charge in [-0.1, -0.05) is 43.3 Å². The van der Waals surface area contributed by atoms with Crippen LogP contribution in [0.4, 0.5) is 29.3 Å². The lowest BCUT2D eigenvalue weighted by atomic mass is 9.99. The summed E-state index contributed by atoms with van der Waals surface area (Å²) in [6, 6.07) is 25.0. The summed E-state index contributed by atoms with van der Waals surface area (Å²) in [4.78, 5) is 30.5. The summed E-state index contributed by atoms with van der Waals surface area (Å²) in [5.74, 6) is 1.09. The van der Waals surface area contributed by atoms with Gasteiger partial charge in [0.15, 0.2) is 5.75 Å². The molecule has 0 fully saturated rings. The van der Waals surface area contributed by atoms with Crippen LogP contribution < -0.4 is 20.1 Å². The van der Waals surface area contributed by atoms with E-state index in [2.05, 4.69) is 15.5 Å². The molecule has 3 N–H and O–H groups in total. The number of likely N-dealkylation sites (N-methyl/N-ethyl adjacent to an activating group) is 1. The molecule has 1 aliphatic heterocycles. The zero-order valence-electron chi connectivity index (χ0n) is 27.4. The van der Waals surface area contributed by atoms with Crippen LogP contribution in [0.5, 0.6) is 17.2 Å². The largest absolute Gasteiger partial charge is 0.486 e. The molecule has 4 aromatic rings. The Balaban J connectivity index is 1.34. The van der Waals surface area contributed by atoms with Crippen molar-refractivity contribution in [2.45, 2.75) is 38.7 Å². The van der Waals surface area contributed by atoms with Crippen LogP contribution in [-0.2, 0) is 12.7 Å². The van der Waals surface area contributed by atoms with Crippen LogP contribution in [0.3, 0.4) is 0 Å². The Hall–Kier alpha value is -5.07. The molecule has 0 unspecified atom stereocenters. The Morgan fingerprint density at radius 1 is 0.980 bits per heavy atom. The number of hydrogen-bond acceptors (Lipinski definition) is 6. The molecule has 0 aromatic heterocycles. The maximum atomic E-state index is 13.8. The molecular weight excluding hydrogens is 637 g/mol. The number of ether oxygens (including phenoxy) is 2. The molecule has 0 saturated heterocycles. The number of fused-ring (bicyclic) bond motifs is 1. The molecule has 0 aliphatic carbocycles. The normalized spacial score (nSPS) is 17.0. The van der Waals surface area contributed by atoms with Gasteiger partial charge >= 0.3 is 12.2 Å². The third kappa shape index (κ3) is 9.09. The first-order chi connectivity index (χ1) is 23.4. The number of rotatable bonds is 10. The van der Waals surface area contributed by atoms with Crippen molar-refractivity contribution in [1.29, 1.82) is 0 Å². The Labute approximate surface area is 283 Å². The molecule has 49 heavy (non-hydrogen) atoms. The highest BCUT2D eigenvalue weighted by Gasteiger charge is 2.35. The Morgan fingerprint density at radius 3 is 2.31 bits per heavy atom. The van der Waals surface area contributed by atoms with E-state index in [-0.39, 0.29) is 41.1 Å². The monoisotopic (exact) mass is 676 g/mol. The van der Waals surface area contributed by atoms with E-state index in [1.165, 1.54) is 0 Å². The standard InChI is InChI=1S/C37H39F3N4O5/c1-24-20-44(25(2)23-45)35(46)31-10-7-11-32(42-36(47)41-28-16-14-27(15-17-28)37(38,39)40)34(31)49-33(24)22-43(3)21-26-12-18-30(19-13-26)48-29-8-5-4-6-9-29/h4-19,24-25,33,45H,20-23H2,1-3H3,(H2,41,42,47)/t24-,25-,33+/m1/s1. The van der Waals surface area contributed by atoms with E-state index in [1.807, 2.05) is 68.6 Å². The molecule has 258 valence electrons. The van der Waals surface area contributed by atoms with E-state index in [9.17, 15) is 27.9 Å². The number of para-hydroxylation sites is 2. The summed E-state index contributed by atoms with van der Waals surface area (Å²) in [6.07, 6.45) is -4.94. The summed E-state index contributed by atoms with van der Waals surface area (Å²) in [7, 11) is 1.96. The highest BCUT2D eigenvalue weighted by atomic mass is 19.4. The van der Waals surface area contributed by atoms with Gasteiger partial charge in [0.25, 0.3) is 5.91 Å². The van der Waals surface area contributed by atoms with Gasteiger partial charge in [0.1, 0.15) is 17.6 Å². The number of carbonyl (C=O) groups is 2. The third-order valence-corrected chi connectivity index (χ3v) is 8.26. The van der Waals surface area contributed by atoms with Crippen LogP contribution in [-0.4, -0.2) is 65.7 Å². The van der Waals surface area contributed by atoms with Gasteiger partial charge in [0.2, 0.25) is 0 Å². The lowest BCUT2D eigenvalue weighted by molar-refractivity contribution is -0.137. The number of nitrogens with zero attached hydrogens (tertiary/aromatic N) is 2. The molecule has 1 aliphatic rings. The number of aliphatic hydroxyl groups excluding tert-OH is 1. The summed E-state index contributed by atoms with van der Waals surface area (Å²) < 4.78 is 51.4. The average molecular weight is 677 g/mol. The number of nitrogens with one attached hydrogen (secondary N) is 2. The van der Waals surface area contributed by atoms with Gasteiger partial charge in [-0.2, -0.15) is 13.2 Å². The maximum absolute atomic E-state index is 13.8. The van der Waals surface area contributed by atoms with E-state index < -0.39 is 29.9 Å². The predicted molar refractivity (Wildman–Crippen MR) is 181 cm³/mol. The van der Waals surface area contributed by atoms with Gasteiger partial charge in [-0.05, 0) is 80.2 Å². The number of hydrogen-bond donors (Lipinski definition) is 3. The molecular formula is C37H39F3N4O5. The quantitative estimate of drug-likeness (QED) is 0.161.